The second-order valence-corrected chi connectivity index (χ2v) is 20.1. The summed E-state index contributed by atoms with van der Waals surface area (Å²) in [6.07, 6.45) is 1.16. The van der Waals surface area contributed by atoms with Crippen LogP contribution >= 0.6 is 0 Å². The van der Waals surface area contributed by atoms with Gasteiger partial charge in [-0.25, -0.2) is 9.59 Å². The molecule has 10 nitrogen and oxygen atoms in total. The highest BCUT2D eigenvalue weighted by molar-refractivity contribution is 6.07. The number of nitrogens with zero attached hydrogens (tertiary/aromatic N) is 4. The molecule has 0 bridgehead atoms. The van der Waals surface area contributed by atoms with Gasteiger partial charge in [0.2, 0.25) is 11.8 Å². The normalized spacial score (nSPS) is 11.8. The van der Waals surface area contributed by atoms with E-state index in [4.69, 9.17) is 9.47 Å². The topological polar surface area (TPSA) is 99.7 Å². The van der Waals surface area contributed by atoms with Crippen molar-refractivity contribution in [2.24, 2.45) is 0 Å². The van der Waals surface area contributed by atoms with Crippen molar-refractivity contribution in [1.29, 1.82) is 0 Å². The van der Waals surface area contributed by atoms with Gasteiger partial charge in [0.1, 0.15) is 11.2 Å². The number of hydrogen-bond donors (Lipinski definition) is 0. The molecule has 7 aromatic rings. The summed E-state index contributed by atoms with van der Waals surface area (Å²) in [5, 5.41) is 8.38. The molecule has 7 rings (SSSR count). The zero-order chi connectivity index (χ0) is 48.9. The molecule has 0 unspecified atom stereocenters. The molecule has 10 heteroatoms. The van der Waals surface area contributed by atoms with Crippen molar-refractivity contribution in [1.82, 2.24) is 19.6 Å². The maximum absolute atomic E-state index is 13.7. The standard InChI is InChI=1S/C58H66N4O6/c1-57(2,3)67-55(65)61(9)37-51-45-23-15-11-19-41(45)49(42-20-12-16-24-46(42)51)35-59(7)53(63)33-31-39-27-29-40(30-28-39)32-34-54(64)60(8)36-50-43-21-13-17-25-47(43)52(48-26-18-14-22-44(48)50)38-62(10)56(66)68-58(4,5)6/h11-30H,31-38H2,1-10H3. The number of rotatable bonds is 14. The second-order valence-electron chi connectivity index (χ2n) is 20.1. The van der Waals surface area contributed by atoms with Crippen LogP contribution in [-0.2, 0) is 58.1 Å². The summed E-state index contributed by atoms with van der Waals surface area (Å²) in [7, 11) is 7.25. The highest BCUT2D eigenvalue weighted by atomic mass is 16.6. The monoisotopic (exact) mass is 914 g/mol. The fourth-order valence-corrected chi connectivity index (χ4v) is 8.99. The van der Waals surface area contributed by atoms with Gasteiger partial charge in [-0.15, -0.1) is 0 Å². The van der Waals surface area contributed by atoms with E-state index >= 15 is 0 Å². The largest absolute Gasteiger partial charge is 0.444 e. The molecule has 0 aliphatic rings. The molecule has 0 N–H and O–H groups in total. The van der Waals surface area contributed by atoms with Gasteiger partial charge >= 0.3 is 12.2 Å². The fourth-order valence-electron chi connectivity index (χ4n) is 8.99. The Bertz CT molecular complexity index is 2670. The van der Waals surface area contributed by atoms with Gasteiger partial charge in [-0.05, 0) is 131 Å². The van der Waals surface area contributed by atoms with Crippen LogP contribution in [0.3, 0.4) is 0 Å². The summed E-state index contributed by atoms with van der Waals surface area (Å²) in [6, 6.07) is 41.1. The highest BCUT2D eigenvalue weighted by Gasteiger charge is 2.25. The van der Waals surface area contributed by atoms with Gasteiger partial charge < -0.3 is 29.1 Å². The summed E-state index contributed by atoms with van der Waals surface area (Å²) >= 11 is 0. The van der Waals surface area contributed by atoms with E-state index in [-0.39, 0.29) is 24.0 Å². The first kappa shape index (κ1) is 49.0. The van der Waals surface area contributed by atoms with Gasteiger partial charge in [0.25, 0.3) is 0 Å². The molecule has 0 aliphatic carbocycles. The minimum absolute atomic E-state index is 0.0490. The zero-order valence-electron chi connectivity index (χ0n) is 41.4. The molecule has 0 fully saturated rings. The Kier molecular flexibility index (Phi) is 14.8. The van der Waals surface area contributed by atoms with Crippen LogP contribution in [0.4, 0.5) is 9.59 Å². The van der Waals surface area contributed by atoms with Crippen molar-refractivity contribution in [3.8, 4) is 0 Å². The number of ether oxygens (including phenoxy) is 2. The van der Waals surface area contributed by atoms with Crippen molar-refractivity contribution in [3.05, 3.63) is 155 Å². The Morgan fingerprint density at radius 3 is 0.809 bits per heavy atom. The summed E-state index contributed by atoms with van der Waals surface area (Å²) in [5.74, 6) is 0.0980. The zero-order valence-corrected chi connectivity index (χ0v) is 41.4. The Morgan fingerprint density at radius 1 is 0.368 bits per heavy atom. The second kappa shape index (κ2) is 20.5. The highest BCUT2D eigenvalue weighted by Crippen LogP contribution is 2.36. The lowest BCUT2D eigenvalue weighted by Crippen LogP contribution is -2.34. The van der Waals surface area contributed by atoms with E-state index in [0.29, 0.717) is 51.9 Å². The molecule has 0 aromatic heterocycles. The van der Waals surface area contributed by atoms with Gasteiger partial charge in [-0.2, -0.15) is 0 Å². The van der Waals surface area contributed by atoms with E-state index in [0.717, 1.165) is 76.5 Å². The maximum atomic E-state index is 13.7. The lowest BCUT2D eigenvalue weighted by Gasteiger charge is -2.26. The van der Waals surface area contributed by atoms with E-state index in [1.165, 1.54) is 0 Å². The first-order valence-corrected chi connectivity index (χ1v) is 23.5. The van der Waals surface area contributed by atoms with Crippen LogP contribution in [0.2, 0.25) is 0 Å². The summed E-state index contributed by atoms with van der Waals surface area (Å²) in [4.78, 5) is 60.2. The van der Waals surface area contributed by atoms with Crippen LogP contribution < -0.4 is 0 Å². The first-order chi connectivity index (χ1) is 32.3. The Labute approximate surface area is 401 Å². The van der Waals surface area contributed by atoms with E-state index in [2.05, 4.69) is 72.8 Å². The molecule has 0 aliphatic heterocycles. The van der Waals surface area contributed by atoms with Gasteiger partial charge in [0, 0.05) is 67.2 Å². The number of benzene rings is 7. The van der Waals surface area contributed by atoms with Crippen LogP contribution in [0.1, 0.15) is 87.8 Å². The van der Waals surface area contributed by atoms with Crippen molar-refractivity contribution >= 4 is 67.1 Å². The molecule has 0 radical (unpaired) electrons. The van der Waals surface area contributed by atoms with Crippen molar-refractivity contribution in [2.45, 2.75) is 105 Å². The van der Waals surface area contributed by atoms with Gasteiger partial charge in [-0.1, -0.05) is 121 Å². The van der Waals surface area contributed by atoms with Crippen molar-refractivity contribution in [2.75, 3.05) is 28.2 Å². The SMILES string of the molecule is CN(Cc1c2ccccc2c(CN(C)C(=O)OC(C)(C)C)c2ccccc12)C(=O)CCc1ccc(CCC(=O)N(C)Cc2c3ccccc3c(CN(C)C(=O)OC(C)(C)C)c3ccccc23)cc1. The van der Waals surface area contributed by atoms with Gasteiger partial charge in [0.05, 0.1) is 0 Å². The molecule has 0 heterocycles. The van der Waals surface area contributed by atoms with Crippen LogP contribution in [0.15, 0.2) is 121 Å². The lowest BCUT2D eigenvalue weighted by atomic mass is 9.91. The number of carbonyl (C=O) groups is 4. The summed E-state index contributed by atoms with van der Waals surface area (Å²) in [6.45, 7) is 12.8. The third-order valence-electron chi connectivity index (χ3n) is 12.4. The molecular weight excluding hydrogens is 849 g/mol. The third-order valence-corrected chi connectivity index (χ3v) is 12.4. The van der Waals surface area contributed by atoms with E-state index in [1.54, 1.807) is 23.9 Å². The fraction of sp³-hybridized carbons (Fsp3) is 0.345. The molecule has 354 valence electrons. The van der Waals surface area contributed by atoms with E-state index < -0.39 is 11.2 Å². The number of amides is 4. The number of fused-ring (bicyclic) bond motifs is 4. The first-order valence-electron chi connectivity index (χ1n) is 23.5. The predicted molar refractivity (Wildman–Crippen MR) is 274 cm³/mol. The average molecular weight is 915 g/mol. The van der Waals surface area contributed by atoms with Crippen molar-refractivity contribution in [3.63, 3.8) is 0 Å². The molecule has 7 aromatic carbocycles. The minimum Gasteiger partial charge on any atom is -0.444 e. The van der Waals surface area contributed by atoms with E-state index in [1.807, 2.05) is 114 Å². The van der Waals surface area contributed by atoms with Crippen LogP contribution in [0.5, 0.6) is 0 Å². The Balaban J connectivity index is 0.973. The Hall–Kier alpha value is -6.94. The molecule has 0 saturated heterocycles. The predicted octanol–water partition coefficient (Wildman–Crippen LogP) is 12.2. The number of hydrogen-bond acceptors (Lipinski definition) is 6. The molecule has 4 amide bonds. The van der Waals surface area contributed by atoms with E-state index in [9.17, 15) is 19.2 Å². The third kappa shape index (κ3) is 11.6. The smallest absolute Gasteiger partial charge is 0.410 e. The van der Waals surface area contributed by atoms with Gasteiger partial charge in [-0.3, -0.25) is 9.59 Å². The van der Waals surface area contributed by atoms with Crippen LogP contribution in [-0.4, -0.2) is 83.0 Å². The van der Waals surface area contributed by atoms with Crippen LogP contribution in [0, 0.1) is 0 Å². The summed E-state index contributed by atoms with van der Waals surface area (Å²) in [5.41, 5.74) is 5.14. The quantitative estimate of drug-likeness (QED) is 0.101. The maximum Gasteiger partial charge on any atom is 0.410 e. The molecule has 0 atom stereocenters. The Morgan fingerprint density at radius 2 is 0.588 bits per heavy atom. The minimum atomic E-state index is -0.600. The average Bonchev–Trinajstić information content (AvgIpc) is 3.30. The molecule has 68 heavy (non-hydrogen) atoms. The summed E-state index contributed by atoms with van der Waals surface area (Å²) < 4.78 is 11.3. The van der Waals surface area contributed by atoms with Gasteiger partial charge in [0.15, 0.2) is 0 Å². The van der Waals surface area contributed by atoms with Crippen molar-refractivity contribution < 1.29 is 28.7 Å². The number of carbonyl (C=O) groups excluding carboxylic acids is 4. The lowest BCUT2D eigenvalue weighted by molar-refractivity contribution is -0.131. The van der Waals surface area contributed by atoms with Crippen LogP contribution in [0.25, 0.3) is 43.1 Å². The number of aryl methyl sites for hydroxylation is 2. The molecule has 0 saturated carbocycles. The molecule has 0 spiro atoms. The molecular formula is C58H66N4O6.